The number of hydrazine groups is 1. The van der Waals surface area contributed by atoms with Gasteiger partial charge in [-0.15, -0.1) is 0 Å². The molecule has 20 heavy (non-hydrogen) atoms. The zero-order valence-electron chi connectivity index (χ0n) is 11.6. The molecule has 0 spiro atoms. The molecule has 0 atom stereocenters. The quantitative estimate of drug-likeness (QED) is 0.849. The number of nitrogens with zero attached hydrogens (tertiary/aromatic N) is 3. The van der Waals surface area contributed by atoms with Crippen LogP contribution in [-0.4, -0.2) is 18.1 Å². The van der Waals surface area contributed by atoms with Crippen LogP contribution in [0.3, 0.4) is 0 Å². The van der Waals surface area contributed by atoms with Gasteiger partial charge < -0.3 is 0 Å². The van der Waals surface area contributed by atoms with Gasteiger partial charge in [0.15, 0.2) is 5.82 Å². The lowest BCUT2D eigenvalue weighted by Crippen LogP contribution is -2.43. The summed E-state index contributed by atoms with van der Waals surface area (Å²) in [5.41, 5.74) is 3.10. The van der Waals surface area contributed by atoms with Crippen LogP contribution in [0.2, 0.25) is 0 Å². The summed E-state index contributed by atoms with van der Waals surface area (Å²) in [6.07, 6.45) is 4.88. The summed E-state index contributed by atoms with van der Waals surface area (Å²) < 4.78 is 14.1. The highest BCUT2D eigenvalue weighted by atomic mass is 19.1. The molecule has 0 amide bonds. The van der Waals surface area contributed by atoms with E-state index in [1.165, 1.54) is 17.4 Å². The summed E-state index contributed by atoms with van der Waals surface area (Å²) in [4.78, 5) is 3.84. The number of hydrogen-bond donors (Lipinski definition) is 0. The first kappa shape index (κ1) is 12.9. The third-order valence-corrected chi connectivity index (χ3v) is 3.62. The number of benzene rings is 1. The molecule has 2 aromatic rings. The second-order valence-corrected chi connectivity index (χ2v) is 4.95. The van der Waals surface area contributed by atoms with Crippen LogP contribution in [0.5, 0.6) is 0 Å². The van der Waals surface area contributed by atoms with Crippen molar-refractivity contribution in [2.24, 2.45) is 0 Å². The molecule has 2 heterocycles. The monoisotopic (exact) mass is 271 g/mol. The summed E-state index contributed by atoms with van der Waals surface area (Å²) in [5.74, 6) is -0.273. The van der Waals surface area contributed by atoms with Gasteiger partial charge >= 0.3 is 0 Å². The van der Waals surface area contributed by atoms with Gasteiger partial charge in [0, 0.05) is 19.3 Å². The number of rotatable bonds is 4. The SMILES string of the molecule is CCCN(c1ccncc1F)N1CCc2ccccc21. The highest BCUT2D eigenvalue weighted by Crippen LogP contribution is 2.32. The highest BCUT2D eigenvalue weighted by molar-refractivity contribution is 5.64. The minimum Gasteiger partial charge on any atom is -0.285 e. The molecular formula is C16H18FN3. The average molecular weight is 271 g/mol. The van der Waals surface area contributed by atoms with Gasteiger partial charge in [0.2, 0.25) is 0 Å². The zero-order chi connectivity index (χ0) is 13.9. The Morgan fingerprint density at radius 1 is 1.30 bits per heavy atom. The van der Waals surface area contributed by atoms with E-state index in [4.69, 9.17) is 0 Å². The molecule has 0 saturated carbocycles. The maximum Gasteiger partial charge on any atom is 0.166 e. The molecule has 0 aliphatic carbocycles. The van der Waals surface area contributed by atoms with E-state index < -0.39 is 0 Å². The molecule has 1 aliphatic rings. The van der Waals surface area contributed by atoms with Crippen molar-refractivity contribution in [3.8, 4) is 0 Å². The van der Waals surface area contributed by atoms with Gasteiger partial charge in [0.1, 0.15) is 0 Å². The highest BCUT2D eigenvalue weighted by Gasteiger charge is 2.25. The molecule has 1 aliphatic heterocycles. The Morgan fingerprint density at radius 3 is 2.95 bits per heavy atom. The predicted molar refractivity (Wildman–Crippen MR) is 79.3 cm³/mol. The fourth-order valence-corrected chi connectivity index (χ4v) is 2.73. The van der Waals surface area contributed by atoms with Crippen LogP contribution in [0, 0.1) is 5.82 Å². The van der Waals surface area contributed by atoms with Gasteiger partial charge in [0.25, 0.3) is 0 Å². The molecule has 104 valence electrons. The lowest BCUT2D eigenvalue weighted by molar-refractivity contribution is 0.603. The van der Waals surface area contributed by atoms with Gasteiger partial charge in [-0.05, 0) is 30.5 Å². The Hall–Kier alpha value is -2.10. The fraction of sp³-hybridized carbons (Fsp3) is 0.312. The Balaban J connectivity index is 1.99. The van der Waals surface area contributed by atoms with Crippen LogP contribution in [-0.2, 0) is 6.42 Å². The van der Waals surface area contributed by atoms with Crippen LogP contribution in [0.25, 0.3) is 0 Å². The first-order valence-corrected chi connectivity index (χ1v) is 7.03. The minimum absolute atomic E-state index is 0.273. The van der Waals surface area contributed by atoms with Crippen molar-refractivity contribution in [1.82, 2.24) is 4.98 Å². The lowest BCUT2D eigenvalue weighted by Gasteiger charge is -2.35. The number of para-hydroxylation sites is 1. The Morgan fingerprint density at radius 2 is 2.15 bits per heavy atom. The Bertz CT molecular complexity index is 600. The van der Waals surface area contributed by atoms with E-state index >= 15 is 0 Å². The molecule has 0 bridgehead atoms. The van der Waals surface area contributed by atoms with Gasteiger partial charge in [0.05, 0.1) is 17.6 Å². The molecule has 0 radical (unpaired) electrons. The number of hydrogen-bond acceptors (Lipinski definition) is 3. The number of pyridine rings is 1. The summed E-state index contributed by atoms with van der Waals surface area (Å²) in [7, 11) is 0. The molecule has 1 aromatic heterocycles. The van der Waals surface area contributed by atoms with E-state index in [2.05, 4.69) is 35.1 Å². The molecule has 0 unspecified atom stereocenters. The standard InChI is InChI=1S/C16H18FN3/c1-2-10-19(16-7-9-18-12-14(16)17)20-11-8-13-5-3-4-6-15(13)20/h3-7,9,12H,2,8,10-11H2,1H3. The summed E-state index contributed by atoms with van der Waals surface area (Å²) in [6.45, 7) is 3.78. The van der Waals surface area contributed by atoms with Crippen molar-refractivity contribution in [3.63, 3.8) is 0 Å². The van der Waals surface area contributed by atoms with Crippen molar-refractivity contribution in [2.45, 2.75) is 19.8 Å². The van der Waals surface area contributed by atoms with E-state index in [0.717, 1.165) is 25.9 Å². The maximum absolute atomic E-state index is 14.1. The second-order valence-electron chi connectivity index (χ2n) is 4.95. The van der Waals surface area contributed by atoms with Crippen molar-refractivity contribution >= 4 is 11.4 Å². The molecule has 0 N–H and O–H groups in total. The van der Waals surface area contributed by atoms with Crippen molar-refractivity contribution in [3.05, 3.63) is 54.1 Å². The van der Waals surface area contributed by atoms with Crippen LogP contribution in [0.1, 0.15) is 18.9 Å². The van der Waals surface area contributed by atoms with Crippen molar-refractivity contribution in [2.75, 3.05) is 23.1 Å². The largest absolute Gasteiger partial charge is 0.285 e. The van der Waals surface area contributed by atoms with Gasteiger partial charge in [-0.3, -0.25) is 15.0 Å². The fourth-order valence-electron chi connectivity index (χ4n) is 2.73. The molecular weight excluding hydrogens is 253 g/mol. The maximum atomic E-state index is 14.1. The van der Waals surface area contributed by atoms with Crippen LogP contribution >= 0.6 is 0 Å². The van der Waals surface area contributed by atoms with Gasteiger partial charge in [-0.1, -0.05) is 25.1 Å². The molecule has 0 saturated heterocycles. The number of halogens is 1. The predicted octanol–water partition coefficient (Wildman–Crippen LogP) is 3.41. The van der Waals surface area contributed by atoms with E-state index in [9.17, 15) is 4.39 Å². The molecule has 3 rings (SSSR count). The molecule has 0 fully saturated rings. The van der Waals surface area contributed by atoms with Crippen molar-refractivity contribution in [1.29, 1.82) is 0 Å². The summed E-state index contributed by atoms with van der Waals surface area (Å²) >= 11 is 0. The van der Waals surface area contributed by atoms with E-state index in [0.29, 0.717) is 5.69 Å². The van der Waals surface area contributed by atoms with E-state index in [1.807, 2.05) is 11.1 Å². The third-order valence-electron chi connectivity index (χ3n) is 3.62. The molecule has 1 aromatic carbocycles. The van der Waals surface area contributed by atoms with E-state index in [1.54, 1.807) is 12.3 Å². The zero-order valence-corrected chi connectivity index (χ0v) is 11.6. The number of aromatic nitrogens is 1. The Kier molecular flexibility index (Phi) is 3.54. The van der Waals surface area contributed by atoms with Gasteiger partial charge in [-0.25, -0.2) is 4.39 Å². The average Bonchev–Trinajstić information content (AvgIpc) is 2.90. The number of anilines is 2. The first-order chi connectivity index (χ1) is 9.81. The minimum atomic E-state index is -0.273. The summed E-state index contributed by atoms with van der Waals surface area (Å²) in [6, 6.07) is 10.1. The number of fused-ring (bicyclic) bond motifs is 1. The lowest BCUT2D eigenvalue weighted by atomic mass is 10.2. The first-order valence-electron chi connectivity index (χ1n) is 7.03. The third kappa shape index (κ3) is 2.22. The second kappa shape index (κ2) is 5.49. The topological polar surface area (TPSA) is 19.4 Å². The smallest absolute Gasteiger partial charge is 0.166 e. The normalized spacial score (nSPS) is 13.4. The van der Waals surface area contributed by atoms with Crippen LogP contribution in [0.4, 0.5) is 15.8 Å². The van der Waals surface area contributed by atoms with Crippen LogP contribution < -0.4 is 10.0 Å². The summed E-state index contributed by atoms with van der Waals surface area (Å²) in [5, 5.41) is 4.21. The van der Waals surface area contributed by atoms with Gasteiger partial charge in [-0.2, -0.15) is 0 Å². The molecule has 3 nitrogen and oxygen atoms in total. The Labute approximate surface area is 118 Å². The van der Waals surface area contributed by atoms with E-state index in [-0.39, 0.29) is 5.82 Å². The van der Waals surface area contributed by atoms with Crippen molar-refractivity contribution < 1.29 is 4.39 Å². The van der Waals surface area contributed by atoms with Crippen LogP contribution in [0.15, 0.2) is 42.7 Å². The molecule has 4 heteroatoms.